The van der Waals surface area contributed by atoms with Gasteiger partial charge in [0.05, 0.1) is 18.4 Å². The van der Waals surface area contributed by atoms with Crippen LogP contribution in [0, 0.1) is 13.8 Å². The average molecular weight is 504 g/mol. The van der Waals surface area contributed by atoms with E-state index in [0.29, 0.717) is 11.4 Å². The molecule has 0 spiro atoms. The molecule has 0 aliphatic rings. The van der Waals surface area contributed by atoms with Crippen molar-refractivity contribution in [2.24, 2.45) is 0 Å². The summed E-state index contributed by atoms with van der Waals surface area (Å²) in [6, 6.07) is 9.34. The maximum absolute atomic E-state index is 12.3. The number of hydrogen-bond donors (Lipinski definition) is 1. The zero-order valence-electron chi connectivity index (χ0n) is 18.8. The minimum absolute atomic E-state index is 0.0170. The Kier molecular flexibility index (Phi) is 8.91. The van der Waals surface area contributed by atoms with Crippen LogP contribution in [0.5, 0.6) is 11.5 Å². The van der Waals surface area contributed by atoms with Gasteiger partial charge in [-0.3, -0.25) is 14.3 Å². The smallest absolute Gasteiger partial charge is 0.417 e. The fraction of sp³-hybridized carbons (Fsp3) is 0.304. The van der Waals surface area contributed by atoms with E-state index >= 15 is 0 Å². The third-order valence-electron chi connectivity index (χ3n) is 4.59. The number of nitrogens with zero attached hydrogens (tertiary/aromatic N) is 2. The normalized spacial score (nSPS) is 12.4. The Labute approximate surface area is 196 Å². The first-order chi connectivity index (χ1) is 16.2. The number of aryl methyl sites for hydroxylation is 2. The van der Waals surface area contributed by atoms with E-state index in [1.54, 1.807) is 13.8 Å². The first-order valence-corrected chi connectivity index (χ1v) is 9.98. The zero-order chi connectivity index (χ0) is 26.4. The largest absolute Gasteiger partial charge is 0.493 e. The second kappa shape index (κ2) is 11.3. The summed E-state index contributed by atoms with van der Waals surface area (Å²) in [5, 5.41) is 8.97. The van der Waals surface area contributed by atoms with Crippen molar-refractivity contribution in [2.75, 3.05) is 13.7 Å². The molecule has 3 aromatic rings. The van der Waals surface area contributed by atoms with Gasteiger partial charge in [0, 0.05) is 18.5 Å². The second-order valence-electron chi connectivity index (χ2n) is 7.26. The van der Waals surface area contributed by atoms with E-state index in [1.807, 2.05) is 0 Å². The summed E-state index contributed by atoms with van der Waals surface area (Å²) in [5.41, 5.74) is 0.637. The third-order valence-corrected chi connectivity index (χ3v) is 4.59. The number of aliphatic hydroxyl groups excluding tert-OH is 1. The molecule has 12 heteroatoms. The molecule has 0 saturated carbocycles. The summed E-state index contributed by atoms with van der Waals surface area (Å²) in [4.78, 5) is 15.9. The lowest BCUT2D eigenvalue weighted by Gasteiger charge is -2.17. The van der Waals surface area contributed by atoms with Crippen LogP contribution in [0.4, 0.5) is 26.3 Å². The van der Waals surface area contributed by atoms with Crippen molar-refractivity contribution in [3.05, 3.63) is 82.0 Å². The number of aliphatic hydroxyl groups is 1. The molecule has 0 radical (unpaired) electrons. The van der Waals surface area contributed by atoms with Gasteiger partial charge in [-0.2, -0.15) is 26.3 Å². The molecule has 0 aliphatic carbocycles. The van der Waals surface area contributed by atoms with E-state index in [1.165, 1.54) is 54.4 Å². The Balaban J connectivity index is 0.000000328. The number of aromatic nitrogens is 2. The lowest BCUT2D eigenvalue weighted by atomic mass is 10.1. The Bertz CT molecular complexity index is 1170. The highest BCUT2D eigenvalue weighted by molar-refractivity contribution is 5.49. The second-order valence-corrected chi connectivity index (χ2v) is 7.26. The molecule has 6 nitrogen and oxygen atoms in total. The van der Waals surface area contributed by atoms with E-state index in [-0.39, 0.29) is 17.1 Å². The number of rotatable bonds is 5. The summed E-state index contributed by atoms with van der Waals surface area (Å²) in [6.45, 7) is 2.35. The predicted octanol–water partition coefficient (Wildman–Crippen LogP) is 4.87. The van der Waals surface area contributed by atoms with E-state index in [0.717, 1.165) is 17.7 Å². The number of hydrogen-bond acceptors (Lipinski definition) is 5. The minimum atomic E-state index is -4.77. The molecule has 1 heterocycles. The Morgan fingerprint density at radius 2 is 1.63 bits per heavy atom. The van der Waals surface area contributed by atoms with Crippen LogP contribution in [0.1, 0.15) is 16.8 Å². The molecule has 0 saturated heterocycles. The Hall–Kier alpha value is -3.54. The van der Waals surface area contributed by atoms with Gasteiger partial charge in [-0.1, -0.05) is 17.7 Å². The van der Waals surface area contributed by atoms with E-state index < -0.39 is 30.6 Å². The van der Waals surface area contributed by atoms with Gasteiger partial charge in [0.15, 0.2) is 17.6 Å². The fourth-order valence-electron chi connectivity index (χ4n) is 2.64. The van der Waals surface area contributed by atoms with Crippen molar-refractivity contribution < 1.29 is 40.9 Å². The third kappa shape index (κ3) is 7.74. The highest BCUT2D eigenvalue weighted by Crippen LogP contribution is 2.31. The van der Waals surface area contributed by atoms with Crippen LogP contribution in [0.25, 0.3) is 5.69 Å². The molecule has 190 valence electrons. The van der Waals surface area contributed by atoms with Crippen molar-refractivity contribution in [1.82, 2.24) is 9.55 Å². The van der Waals surface area contributed by atoms with Gasteiger partial charge in [-0.15, -0.1) is 0 Å². The van der Waals surface area contributed by atoms with Gasteiger partial charge in [0.1, 0.15) is 12.3 Å². The predicted molar refractivity (Wildman–Crippen MR) is 115 cm³/mol. The van der Waals surface area contributed by atoms with Gasteiger partial charge < -0.3 is 14.6 Å². The highest BCUT2D eigenvalue weighted by atomic mass is 19.4. The standard InChI is InChI=1S/C15H15F3N2O4.C8H7F3/c1-9-14(22)20(6-5-19-9)10-3-4-11(12(7-10)23-2)24-8-13(21)15(16,17)18;1-6-2-4-7(5-3-6)8(9,10)11/h3-7,13,21H,8H2,1-2H3;2-5H,1H3. The van der Waals surface area contributed by atoms with Crippen LogP contribution < -0.4 is 15.0 Å². The summed E-state index contributed by atoms with van der Waals surface area (Å²) < 4.78 is 84.0. The van der Waals surface area contributed by atoms with Gasteiger partial charge in [0.2, 0.25) is 0 Å². The van der Waals surface area contributed by atoms with Crippen molar-refractivity contribution in [3.63, 3.8) is 0 Å². The molecule has 1 N–H and O–H groups in total. The minimum Gasteiger partial charge on any atom is -0.493 e. The van der Waals surface area contributed by atoms with Crippen LogP contribution in [-0.4, -0.2) is 40.7 Å². The molecule has 0 fully saturated rings. The van der Waals surface area contributed by atoms with Crippen molar-refractivity contribution >= 4 is 0 Å². The Morgan fingerprint density at radius 1 is 1.00 bits per heavy atom. The summed E-state index contributed by atoms with van der Waals surface area (Å²) in [6.07, 6.45) is -8.68. The van der Waals surface area contributed by atoms with Crippen LogP contribution in [0.3, 0.4) is 0 Å². The molecular weight excluding hydrogens is 482 g/mol. The van der Waals surface area contributed by atoms with Gasteiger partial charge >= 0.3 is 12.4 Å². The lowest BCUT2D eigenvalue weighted by Crippen LogP contribution is -2.34. The molecule has 35 heavy (non-hydrogen) atoms. The molecule has 0 aliphatic heterocycles. The van der Waals surface area contributed by atoms with Crippen LogP contribution in [-0.2, 0) is 6.18 Å². The topological polar surface area (TPSA) is 73.6 Å². The van der Waals surface area contributed by atoms with Crippen LogP contribution >= 0.6 is 0 Å². The van der Waals surface area contributed by atoms with Crippen LogP contribution in [0.2, 0.25) is 0 Å². The number of benzene rings is 2. The summed E-state index contributed by atoms with van der Waals surface area (Å²) in [7, 11) is 1.31. The van der Waals surface area contributed by atoms with Crippen molar-refractivity contribution in [1.29, 1.82) is 0 Å². The Morgan fingerprint density at radius 3 is 2.17 bits per heavy atom. The van der Waals surface area contributed by atoms with Gasteiger partial charge in [-0.25, -0.2) is 0 Å². The maximum Gasteiger partial charge on any atom is 0.417 e. The van der Waals surface area contributed by atoms with Crippen LogP contribution in [0.15, 0.2) is 59.7 Å². The molecule has 1 unspecified atom stereocenters. The molecule has 1 aromatic heterocycles. The lowest BCUT2D eigenvalue weighted by molar-refractivity contribution is -0.210. The maximum atomic E-state index is 12.3. The first-order valence-electron chi connectivity index (χ1n) is 9.98. The fourth-order valence-corrected chi connectivity index (χ4v) is 2.64. The number of alkyl halides is 6. The SMILES string of the molecule is COc1cc(-n2ccnc(C)c2=O)ccc1OCC(O)C(F)(F)F.Cc1ccc(C(F)(F)F)cc1. The zero-order valence-corrected chi connectivity index (χ0v) is 18.8. The van der Waals surface area contributed by atoms with E-state index in [2.05, 4.69) is 4.98 Å². The summed E-state index contributed by atoms with van der Waals surface area (Å²) in [5.74, 6) is 0.145. The molecular formula is C23H22F6N2O4. The molecule has 2 aromatic carbocycles. The first kappa shape index (κ1) is 27.7. The quantitative estimate of drug-likeness (QED) is 0.503. The molecule has 1 atom stereocenters. The number of halogens is 6. The highest BCUT2D eigenvalue weighted by Gasteiger charge is 2.38. The monoisotopic (exact) mass is 504 g/mol. The number of ether oxygens (including phenoxy) is 2. The van der Waals surface area contributed by atoms with E-state index in [9.17, 15) is 31.1 Å². The average Bonchev–Trinajstić information content (AvgIpc) is 2.78. The number of methoxy groups -OCH3 is 1. The van der Waals surface area contributed by atoms with Crippen molar-refractivity contribution in [2.45, 2.75) is 32.3 Å². The van der Waals surface area contributed by atoms with Crippen molar-refractivity contribution in [3.8, 4) is 17.2 Å². The van der Waals surface area contributed by atoms with E-state index in [4.69, 9.17) is 14.6 Å². The molecule has 0 bridgehead atoms. The summed E-state index contributed by atoms with van der Waals surface area (Å²) >= 11 is 0. The van der Waals surface area contributed by atoms with Gasteiger partial charge in [-0.05, 0) is 38.1 Å². The molecule has 3 rings (SSSR count). The molecule has 0 amide bonds. The van der Waals surface area contributed by atoms with Gasteiger partial charge in [0.25, 0.3) is 5.56 Å².